The molecule has 4 rings (SSSR count). The van der Waals surface area contributed by atoms with Gasteiger partial charge in [0.05, 0.1) is 11.9 Å². The highest BCUT2D eigenvalue weighted by Gasteiger charge is 2.25. The van der Waals surface area contributed by atoms with Crippen LogP contribution in [-0.4, -0.2) is 20.7 Å². The van der Waals surface area contributed by atoms with Crippen molar-refractivity contribution in [2.24, 2.45) is 7.05 Å². The molecule has 1 amide bonds. The summed E-state index contributed by atoms with van der Waals surface area (Å²) in [6.45, 7) is 0. The van der Waals surface area contributed by atoms with E-state index in [9.17, 15) is 9.18 Å². The third-order valence-corrected chi connectivity index (χ3v) is 4.30. The first kappa shape index (κ1) is 15.5. The fraction of sp³-hybridized carbons (Fsp3) is 0.211. The number of rotatable bonds is 4. The predicted molar refractivity (Wildman–Crippen MR) is 92.8 cm³/mol. The summed E-state index contributed by atoms with van der Waals surface area (Å²) in [5.74, 6) is -0.243. The zero-order valence-electron chi connectivity index (χ0n) is 13.7. The maximum Gasteiger partial charge on any atom is 0.276 e. The largest absolute Gasteiger partial charge is 0.319 e. The highest BCUT2D eigenvalue weighted by Crippen LogP contribution is 2.41. The van der Waals surface area contributed by atoms with Gasteiger partial charge in [-0.2, -0.15) is 5.10 Å². The third-order valence-electron chi connectivity index (χ3n) is 4.30. The van der Waals surface area contributed by atoms with Gasteiger partial charge in [0.2, 0.25) is 0 Å². The smallest absolute Gasteiger partial charge is 0.276 e. The SMILES string of the molecule is Cn1cc(-c2ccc(C3CC3)cc2F)c(C(=O)Nc2cccnc2)n1. The average Bonchev–Trinajstić information content (AvgIpc) is 3.38. The quantitative estimate of drug-likeness (QED) is 0.789. The second kappa shape index (κ2) is 6.12. The Kier molecular flexibility index (Phi) is 3.80. The summed E-state index contributed by atoms with van der Waals surface area (Å²) >= 11 is 0. The standard InChI is InChI=1S/C19H17FN4O/c1-24-11-16(15-7-6-13(9-17(15)20)12-4-5-12)18(23-24)19(25)22-14-3-2-8-21-10-14/h2-3,6-12H,4-5H2,1H3,(H,22,25). The van der Waals surface area contributed by atoms with Crippen LogP contribution in [0.4, 0.5) is 10.1 Å². The van der Waals surface area contributed by atoms with Crippen molar-refractivity contribution in [3.63, 3.8) is 0 Å². The molecule has 1 fully saturated rings. The van der Waals surface area contributed by atoms with Crippen LogP contribution < -0.4 is 5.32 Å². The lowest BCUT2D eigenvalue weighted by Crippen LogP contribution is -2.14. The number of nitrogens with one attached hydrogen (secondary N) is 1. The predicted octanol–water partition coefficient (Wildman–Crippen LogP) is 3.75. The number of hydrogen-bond acceptors (Lipinski definition) is 3. The van der Waals surface area contributed by atoms with Gasteiger partial charge in [0.15, 0.2) is 5.69 Å². The molecule has 0 bridgehead atoms. The molecule has 0 radical (unpaired) electrons. The summed E-state index contributed by atoms with van der Waals surface area (Å²) in [7, 11) is 1.71. The summed E-state index contributed by atoms with van der Waals surface area (Å²) in [5, 5.41) is 6.95. The number of aryl methyl sites for hydroxylation is 1. The van der Waals surface area contributed by atoms with E-state index in [1.54, 1.807) is 49.9 Å². The van der Waals surface area contributed by atoms with E-state index in [1.807, 2.05) is 6.07 Å². The topological polar surface area (TPSA) is 59.8 Å². The van der Waals surface area contributed by atoms with Crippen molar-refractivity contribution in [3.05, 3.63) is 66.0 Å². The minimum Gasteiger partial charge on any atom is -0.319 e. The first-order valence-electron chi connectivity index (χ1n) is 8.16. The number of aromatic nitrogens is 3. The van der Waals surface area contributed by atoms with E-state index in [0.29, 0.717) is 22.7 Å². The van der Waals surface area contributed by atoms with Gasteiger partial charge in [0.1, 0.15) is 5.82 Å². The zero-order chi connectivity index (χ0) is 17.4. The Bertz CT molecular complexity index is 932. The number of carbonyl (C=O) groups excluding carboxylic acids is 1. The molecule has 0 saturated heterocycles. The van der Waals surface area contributed by atoms with Crippen LogP contribution in [0.15, 0.2) is 48.9 Å². The Balaban J connectivity index is 1.68. The van der Waals surface area contributed by atoms with Crippen molar-refractivity contribution >= 4 is 11.6 Å². The fourth-order valence-corrected chi connectivity index (χ4v) is 2.90. The van der Waals surface area contributed by atoms with Crippen molar-refractivity contribution in [1.82, 2.24) is 14.8 Å². The van der Waals surface area contributed by atoms with E-state index in [4.69, 9.17) is 0 Å². The highest BCUT2D eigenvalue weighted by molar-refractivity contribution is 6.07. The molecule has 25 heavy (non-hydrogen) atoms. The number of anilines is 1. The Morgan fingerprint density at radius 1 is 1.28 bits per heavy atom. The molecule has 2 heterocycles. The second-order valence-corrected chi connectivity index (χ2v) is 6.27. The first-order chi connectivity index (χ1) is 12.1. The van der Waals surface area contributed by atoms with Crippen molar-refractivity contribution in [1.29, 1.82) is 0 Å². The summed E-state index contributed by atoms with van der Waals surface area (Å²) in [4.78, 5) is 16.5. The lowest BCUT2D eigenvalue weighted by atomic mass is 10.0. The number of carbonyl (C=O) groups is 1. The number of nitrogens with zero attached hydrogens (tertiary/aromatic N) is 3. The second-order valence-electron chi connectivity index (χ2n) is 6.27. The molecule has 0 atom stereocenters. The van der Waals surface area contributed by atoms with Crippen molar-refractivity contribution < 1.29 is 9.18 Å². The molecule has 0 unspecified atom stereocenters. The van der Waals surface area contributed by atoms with E-state index in [1.165, 1.54) is 4.68 Å². The van der Waals surface area contributed by atoms with Crippen LogP contribution in [0.3, 0.4) is 0 Å². The molecule has 1 N–H and O–H groups in total. The molecular weight excluding hydrogens is 319 g/mol. The molecule has 1 aliphatic rings. The summed E-state index contributed by atoms with van der Waals surface area (Å²) in [5.41, 5.74) is 2.63. The molecule has 0 aliphatic heterocycles. The van der Waals surface area contributed by atoms with Crippen LogP contribution in [0.1, 0.15) is 34.8 Å². The zero-order valence-corrected chi connectivity index (χ0v) is 13.7. The maximum absolute atomic E-state index is 14.6. The molecule has 1 saturated carbocycles. The number of amides is 1. The third kappa shape index (κ3) is 3.15. The minimum absolute atomic E-state index is 0.185. The van der Waals surface area contributed by atoms with Crippen molar-refractivity contribution in [2.45, 2.75) is 18.8 Å². The Morgan fingerprint density at radius 2 is 2.12 bits per heavy atom. The van der Waals surface area contributed by atoms with Crippen molar-refractivity contribution in [2.75, 3.05) is 5.32 Å². The van der Waals surface area contributed by atoms with Gasteiger partial charge >= 0.3 is 0 Å². The van der Waals surface area contributed by atoms with E-state index in [2.05, 4.69) is 15.4 Å². The van der Waals surface area contributed by atoms with Gasteiger partial charge in [-0.25, -0.2) is 4.39 Å². The van der Waals surface area contributed by atoms with Gasteiger partial charge in [0, 0.05) is 30.6 Å². The van der Waals surface area contributed by atoms with E-state index in [0.717, 1.165) is 18.4 Å². The first-order valence-corrected chi connectivity index (χ1v) is 8.16. The van der Waals surface area contributed by atoms with Crippen molar-refractivity contribution in [3.8, 4) is 11.1 Å². The number of halogens is 1. The van der Waals surface area contributed by atoms with Crippen LogP contribution in [0.25, 0.3) is 11.1 Å². The maximum atomic E-state index is 14.6. The van der Waals surface area contributed by atoms with Gasteiger partial charge in [-0.1, -0.05) is 12.1 Å². The highest BCUT2D eigenvalue weighted by atomic mass is 19.1. The van der Waals surface area contributed by atoms with E-state index < -0.39 is 5.91 Å². The van der Waals surface area contributed by atoms with Crippen LogP contribution >= 0.6 is 0 Å². The van der Waals surface area contributed by atoms with Crippen LogP contribution in [0.2, 0.25) is 0 Å². The normalized spacial score (nSPS) is 13.7. The van der Waals surface area contributed by atoms with E-state index in [-0.39, 0.29) is 11.5 Å². The summed E-state index contributed by atoms with van der Waals surface area (Å²) in [6, 6.07) is 8.71. The summed E-state index contributed by atoms with van der Waals surface area (Å²) in [6.07, 6.45) is 7.06. The van der Waals surface area contributed by atoms with Gasteiger partial charge in [-0.15, -0.1) is 0 Å². The lowest BCUT2D eigenvalue weighted by Gasteiger charge is -2.07. The van der Waals surface area contributed by atoms with Gasteiger partial charge in [-0.3, -0.25) is 14.5 Å². The molecular formula is C19H17FN4O. The molecule has 2 aromatic heterocycles. The number of pyridine rings is 1. The molecule has 1 aliphatic carbocycles. The Labute approximate surface area is 144 Å². The molecule has 126 valence electrons. The minimum atomic E-state index is -0.394. The molecule has 6 heteroatoms. The lowest BCUT2D eigenvalue weighted by molar-refractivity contribution is 0.102. The van der Waals surface area contributed by atoms with Gasteiger partial charge in [-0.05, 0) is 42.5 Å². The summed E-state index contributed by atoms with van der Waals surface area (Å²) < 4.78 is 16.1. The molecule has 1 aromatic carbocycles. The van der Waals surface area contributed by atoms with Crippen LogP contribution in [0.5, 0.6) is 0 Å². The molecule has 3 aromatic rings. The number of hydrogen-bond donors (Lipinski definition) is 1. The Morgan fingerprint density at radius 3 is 2.80 bits per heavy atom. The van der Waals surface area contributed by atoms with Crippen LogP contribution in [0, 0.1) is 5.82 Å². The molecule has 5 nitrogen and oxygen atoms in total. The van der Waals surface area contributed by atoms with Gasteiger partial charge < -0.3 is 5.32 Å². The molecule has 0 spiro atoms. The van der Waals surface area contributed by atoms with Crippen LogP contribution in [-0.2, 0) is 7.05 Å². The fourth-order valence-electron chi connectivity index (χ4n) is 2.90. The average molecular weight is 336 g/mol. The van der Waals surface area contributed by atoms with E-state index >= 15 is 0 Å². The monoisotopic (exact) mass is 336 g/mol. The Hall–Kier alpha value is -3.02. The van der Waals surface area contributed by atoms with Gasteiger partial charge in [0.25, 0.3) is 5.91 Å². The number of benzene rings is 1.